The third-order valence-corrected chi connectivity index (χ3v) is 5.02. The van der Waals surface area contributed by atoms with Gasteiger partial charge in [0.15, 0.2) is 5.82 Å². The number of hydrogen-bond donors (Lipinski definition) is 1. The number of nitrogens with two attached hydrogens (primary N) is 1. The van der Waals surface area contributed by atoms with Crippen LogP contribution in [0.4, 0.5) is 5.82 Å². The molecule has 2 N–H and O–H groups in total. The van der Waals surface area contributed by atoms with Crippen LogP contribution in [0.5, 0.6) is 0 Å². The Kier molecular flexibility index (Phi) is 5.42. The van der Waals surface area contributed by atoms with Crippen molar-refractivity contribution in [3.63, 3.8) is 0 Å². The van der Waals surface area contributed by atoms with Crippen LogP contribution >= 0.6 is 0 Å². The molecule has 2 aromatic heterocycles. The van der Waals surface area contributed by atoms with Gasteiger partial charge in [0.1, 0.15) is 17.9 Å². The molecule has 0 spiro atoms. The summed E-state index contributed by atoms with van der Waals surface area (Å²) in [7, 11) is 0. The number of rotatable bonds is 7. The fourth-order valence-corrected chi connectivity index (χ4v) is 3.57. The summed E-state index contributed by atoms with van der Waals surface area (Å²) in [5.41, 5.74) is 11.0. The van der Waals surface area contributed by atoms with Crippen LogP contribution < -0.4 is 5.73 Å². The fraction of sp³-hybridized carbons (Fsp3) is 0.261. The molecular weight excluding hydrogens is 362 g/mol. The molecule has 0 unspecified atom stereocenters. The van der Waals surface area contributed by atoms with E-state index in [4.69, 9.17) is 10.6 Å². The van der Waals surface area contributed by atoms with E-state index < -0.39 is 0 Å². The van der Waals surface area contributed by atoms with E-state index in [1.807, 2.05) is 62.4 Å². The Balaban J connectivity index is 1.46. The van der Waals surface area contributed by atoms with E-state index in [0.717, 1.165) is 58.4 Å². The van der Waals surface area contributed by atoms with Crippen molar-refractivity contribution in [3.8, 4) is 0 Å². The van der Waals surface area contributed by atoms with Crippen LogP contribution in [0.1, 0.15) is 31.2 Å². The molecule has 4 rings (SSSR count). The Hall–Kier alpha value is -3.41. The van der Waals surface area contributed by atoms with Crippen molar-refractivity contribution in [2.24, 2.45) is 5.16 Å². The third kappa shape index (κ3) is 4.06. The SMILES string of the molecule is C/C(CCCn1c(C)nc2c(N)nc3ccccc3c21)=N\OCc1ccccc1. The molecule has 0 fully saturated rings. The standard InChI is InChI=1S/C23H25N5O/c1-16(27-29-15-18-10-4-3-5-11-18)9-8-14-28-17(2)25-21-22(28)19-12-6-7-13-20(19)26-23(21)24/h3-7,10-13H,8-9,14-15H2,1-2H3,(H2,24,26)/b27-16+. The summed E-state index contributed by atoms with van der Waals surface area (Å²) in [5, 5.41) is 5.33. The minimum absolute atomic E-state index is 0.479. The van der Waals surface area contributed by atoms with Gasteiger partial charge in [0.05, 0.1) is 16.7 Å². The molecule has 2 aromatic carbocycles. The lowest BCUT2D eigenvalue weighted by atomic mass is 10.1. The summed E-state index contributed by atoms with van der Waals surface area (Å²) in [6, 6.07) is 18.1. The predicted octanol–water partition coefficient (Wildman–Crippen LogP) is 4.85. The van der Waals surface area contributed by atoms with Gasteiger partial charge in [-0.25, -0.2) is 9.97 Å². The van der Waals surface area contributed by atoms with Crippen molar-refractivity contribution in [2.75, 3.05) is 5.73 Å². The number of benzene rings is 2. The largest absolute Gasteiger partial charge is 0.391 e. The second kappa shape index (κ2) is 8.31. The van der Waals surface area contributed by atoms with Gasteiger partial charge in [-0.05, 0) is 38.3 Å². The molecule has 0 bridgehead atoms. The average molecular weight is 387 g/mol. The number of nitrogen functional groups attached to an aromatic ring is 1. The maximum atomic E-state index is 6.16. The highest BCUT2D eigenvalue weighted by molar-refractivity contribution is 6.06. The van der Waals surface area contributed by atoms with Crippen molar-refractivity contribution in [3.05, 3.63) is 66.0 Å². The van der Waals surface area contributed by atoms with Crippen molar-refractivity contribution < 1.29 is 4.84 Å². The van der Waals surface area contributed by atoms with Crippen molar-refractivity contribution in [1.82, 2.24) is 14.5 Å². The maximum Gasteiger partial charge on any atom is 0.152 e. The number of nitrogens with zero attached hydrogens (tertiary/aromatic N) is 4. The molecule has 0 atom stereocenters. The molecule has 29 heavy (non-hydrogen) atoms. The summed E-state index contributed by atoms with van der Waals surface area (Å²) in [6.45, 7) is 5.34. The van der Waals surface area contributed by atoms with E-state index >= 15 is 0 Å². The minimum atomic E-state index is 0.479. The van der Waals surface area contributed by atoms with Crippen LogP contribution in [-0.4, -0.2) is 20.2 Å². The number of oxime groups is 1. The van der Waals surface area contributed by atoms with Gasteiger partial charge in [-0.15, -0.1) is 0 Å². The summed E-state index contributed by atoms with van der Waals surface area (Å²) >= 11 is 0. The average Bonchev–Trinajstić information content (AvgIpc) is 3.06. The van der Waals surface area contributed by atoms with E-state index in [0.29, 0.717) is 12.4 Å². The number of hydrogen-bond acceptors (Lipinski definition) is 5. The van der Waals surface area contributed by atoms with Crippen LogP contribution in [0.3, 0.4) is 0 Å². The smallest absolute Gasteiger partial charge is 0.152 e. The summed E-state index contributed by atoms with van der Waals surface area (Å²) in [6.07, 6.45) is 1.79. The topological polar surface area (TPSA) is 78.3 Å². The highest BCUT2D eigenvalue weighted by Gasteiger charge is 2.14. The molecule has 148 valence electrons. The number of para-hydroxylation sites is 1. The second-order valence-electron chi connectivity index (χ2n) is 7.21. The van der Waals surface area contributed by atoms with Crippen LogP contribution in [0, 0.1) is 6.92 Å². The van der Waals surface area contributed by atoms with Gasteiger partial charge in [0.25, 0.3) is 0 Å². The molecule has 2 heterocycles. The third-order valence-electron chi connectivity index (χ3n) is 5.02. The lowest BCUT2D eigenvalue weighted by molar-refractivity contribution is 0.129. The van der Waals surface area contributed by atoms with Gasteiger partial charge in [-0.3, -0.25) is 0 Å². The van der Waals surface area contributed by atoms with E-state index in [9.17, 15) is 0 Å². The Morgan fingerprint density at radius 3 is 2.66 bits per heavy atom. The number of imidazole rings is 1. The molecule has 6 heteroatoms. The molecule has 0 aliphatic rings. The molecule has 0 aliphatic heterocycles. The lowest BCUT2D eigenvalue weighted by Gasteiger charge is -2.09. The molecular formula is C23H25N5O. The number of aromatic nitrogens is 3. The summed E-state index contributed by atoms with van der Waals surface area (Å²) in [5.74, 6) is 1.42. The van der Waals surface area contributed by atoms with Gasteiger partial charge in [-0.2, -0.15) is 0 Å². The Morgan fingerprint density at radius 1 is 1.07 bits per heavy atom. The van der Waals surface area contributed by atoms with Crippen LogP contribution in [0.2, 0.25) is 0 Å². The van der Waals surface area contributed by atoms with Crippen LogP contribution in [-0.2, 0) is 18.0 Å². The highest BCUT2D eigenvalue weighted by atomic mass is 16.6. The van der Waals surface area contributed by atoms with Crippen molar-refractivity contribution >= 4 is 33.5 Å². The van der Waals surface area contributed by atoms with Gasteiger partial charge >= 0.3 is 0 Å². The highest BCUT2D eigenvalue weighted by Crippen LogP contribution is 2.28. The van der Waals surface area contributed by atoms with E-state index in [-0.39, 0.29) is 0 Å². The first kappa shape index (κ1) is 18.9. The molecule has 0 saturated heterocycles. The number of anilines is 1. The zero-order valence-corrected chi connectivity index (χ0v) is 16.8. The van der Waals surface area contributed by atoms with Gasteiger partial charge in [0.2, 0.25) is 0 Å². The van der Waals surface area contributed by atoms with E-state index in [1.165, 1.54) is 0 Å². The minimum Gasteiger partial charge on any atom is -0.391 e. The zero-order valence-electron chi connectivity index (χ0n) is 16.8. The Bertz CT molecular complexity index is 1160. The Labute approximate surface area is 170 Å². The van der Waals surface area contributed by atoms with Gasteiger partial charge in [-0.1, -0.05) is 53.7 Å². The first-order valence-electron chi connectivity index (χ1n) is 9.84. The summed E-state index contributed by atoms with van der Waals surface area (Å²) < 4.78 is 2.23. The first-order valence-corrected chi connectivity index (χ1v) is 9.84. The molecule has 6 nitrogen and oxygen atoms in total. The summed E-state index contributed by atoms with van der Waals surface area (Å²) in [4.78, 5) is 14.6. The normalized spacial score (nSPS) is 12.0. The quantitative estimate of drug-likeness (QED) is 0.363. The molecule has 0 amide bonds. The fourth-order valence-electron chi connectivity index (χ4n) is 3.57. The Morgan fingerprint density at radius 2 is 1.83 bits per heavy atom. The predicted molar refractivity (Wildman–Crippen MR) is 118 cm³/mol. The van der Waals surface area contributed by atoms with Gasteiger partial charge in [0, 0.05) is 11.9 Å². The number of fused-ring (bicyclic) bond motifs is 3. The second-order valence-corrected chi connectivity index (χ2v) is 7.21. The number of pyridine rings is 1. The van der Waals surface area contributed by atoms with Crippen LogP contribution in [0.15, 0.2) is 59.8 Å². The van der Waals surface area contributed by atoms with Crippen molar-refractivity contribution in [2.45, 2.75) is 39.8 Å². The van der Waals surface area contributed by atoms with Gasteiger partial charge < -0.3 is 15.1 Å². The maximum absolute atomic E-state index is 6.16. The zero-order chi connectivity index (χ0) is 20.2. The molecule has 0 radical (unpaired) electrons. The number of aryl methyl sites for hydroxylation is 2. The molecule has 4 aromatic rings. The van der Waals surface area contributed by atoms with E-state index in [1.54, 1.807) is 0 Å². The molecule has 0 saturated carbocycles. The first-order chi connectivity index (χ1) is 14.1. The molecule has 0 aliphatic carbocycles. The van der Waals surface area contributed by atoms with E-state index in [2.05, 4.69) is 25.8 Å². The lowest BCUT2D eigenvalue weighted by Crippen LogP contribution is -2.04. The monoisotopic (exact) mass is 387 g/mol. The van der Waals surface area contributed by atoms with Crippen LogP contribution in [0.25, 0.3) is 21.9 Å². The van der Waals surface area contributed by atoms with Crippen molar-refractivity contribution in [1.29, 1.82) is 0 Å².